The van der Waals surface area contributed by atoms with E-state index in [0.717, 1.165) is 10.2 Å². The quantitative estimate of drug-likeness (QED) is 0.806. The number of para-hydroxylation sites is 1. The Bertz CT molecular complexity index is 551. The second-order valence-corrected chi connectivity index (χ2v) is 5.32. The van der Waals surface area contributed by atoms with Crippen LogP contribution in [0.3, 0.4) is 0 Å². The highest BCUT2D eigenvalue weighted by atomic mass is 32.1. The van der Waals surface area contributed by atoms with E-state index >= 15 is 0 Å². The zero-order valence-electron chi connectivity index (χ0n) is 9.85. The topological polar surface area (TPSA) is 25.4 Å². The Morgan fingerprint density at radius 2 is 2.11 bits per heavy atom. The Hall–Kier alpha value is -1.34. The molecule has 1 aliphatic rings. The number of hydrogen-bond acceptors (Lipinski definition) is 4. The Morgan fingerprint density at radius 1 is 1.32 bits per heavy atom. The van der Waals surface area contributed by atoms with Gasteiger partial charge in [-0.25, -0.2) is 4.98 Å². The van der Waals surface area contributed by atoms with E-state index in [1.165, 1.54) is 11.3 Å². The van der Waals surface area contributed by atoms with Gasteiger partial charge < -0.3 is 9.64 Å². The summed E-state index contributed by atoms with van der Waals surface area (Å²) >= 11 is 1.41. The molecule has 0 saturated carbocycles. The lowest BCUT2D eigenvalue weighted by Gasteiger charge is -2.33. The summed E-state index contributed by atoms with van der Waals surface area (Å²) < 4.78 is 43.8. The molecule has 0 bridgehead atoms. The summed E-state index contributed by atoms with van der Waals surface area (Å²) in [6.07, 6.45) is -6.05. The molecular formula is C12H11F3N2OS. The number of morpholine rings is 1. The van der Waals surface area contributed by atoms with Crippen LogP contribution in [-0.4, -0.2) is 37.0 Å². The van der Waals surface area contributed by atoms with Crippen molar-refractivity contribution >= 4 is 26.7 Å². The summed E-state index contributed by atoms with van der Waals surface area (Å²) in [6.45, 7) is 0.315. The number of nitrogens with zero attached hydrogens (tertiary/aromatic N) is 2. The molecule has 0 spiro atoms. The third-order valence-corrected chi connectivity index (χ3v) is 4.08. The molecule has 0 radical (unpaired) electrons. The highest BCUT2D eigenvalue weighted by Crippen LogP contribution is 2.32. The average Bonchev–Trinajstić information content (AvgIpc) is 2.81. The molecule has 0 aliphatic carbocycles. The number of benzene rings is 1. The SMILES string of the molecule is FC(F)(F)[C@H]1CN(c2nc3ccccc3s2)CCO1. The van der Waals surface area contributed by atoms with Crippen LogP contribution in [0.25, 0.3) is 10.2 Å². The van der Waals surface area contributed by atoms with Crippen LogP contribution >= 0.6 is 11.3 Å². The van der Waals surface area contributed by atoms with Gasteiger partial charge in [-0.2, -0.15) is 13.2 Å². The van der Waals surface area contributed by atoms with Gasteiger partial charge in [0, 0.05) is 6.54 Å². The summed E-state index contributed by atoms with van der Waals surface area (Å²) in [5.74, 6) is 0. The molecule has 102 valence electrons. The summed E-state index contributed by atoms with van der Waals surface area (Å²) in [7, 11) is 0. The fourth-order valence-electron chi connectivity index (χ4n) is 2.02. The minimum absolute atomic E-state index is 0.0695. The standard InChI is InChI=1S/C12H11F3N2OS/c13-12(14,15)10-7-17(5-6-18-10)11-16-8-3-1-2-4-9(8)19-11/h1-4,10H,5-7H2/t10-/m1/s1. The van der Waals surface area contributed by atoms with E-state index in [9.17, 15) is 13.2 Å². The number of rotatable bonds is 1. The first-order valence-electron chi connectivity index (χ1n) is 5.83. The van der Waals surface area contributed by atoms with Crippen molar-refractivity contribution in [3.05, 3.63) is 24.3 Å². The predicted octanol–water partition coefficient (Wildman–Crippen LogP) is 3.06. The molecule has 0 unspecified atom stereocenters. The number of anilines is 1. The van der Waals surface area contributed by atoms with Crippen LogP contribution in [0.1, 0.15) is 0 Å². The maximum absolute atomic E-state index is 12.7. The van der Waals surface area contributed by atoms with Gasteiger partial charge in [0.05, 0.1) is 23.4 Å². The van der Waals surface area contributed by atoms with Crippen LogP contribution in [-0.2, 0) is 4.74 Å². The lowest BCUT2D eigenvalue weighted by Crippen LogP contribution is -2.49. The molecule has 1 fully saturated rings. The van der Waals surface area contributed by atoms with Gasteiger partial charge in [-0.15, -0.1) is 0 Å². The first-order valence-corrected chi connectivity index (χ1v) is 6.64. The number of halogens is 3. The average molecular weight is 288 g/mol. The lowest BCUT2D eigenvalue weighted by molar-refractivity contribution is -0.221. The highest BCUT2D eigenvalue weighted by Gasteiger charge is 2.43. The molecule has 7 heteroatoms. The van der Waals surface area contributed by atoms with Crippen LogP contribution < -0.4 is 4.90 Å². The van der Waals surface area contributed by atoms with Crippen molar-refractivity contribution in [2.75, 3.05) is 24.6 Å². The van der Waals surface area contributed by atoms with Gasteiger partial charge in [0.25, 0.3) is 0 Å². The van der Waals surface area contributed by atoms with Crippen molar-refractivity contribution < 1.29 is 17.9 Å². The molecule has 19 heavy (non-hydrogen) atoms. The van der Waals surface area contributed by atoms with Gasteiger partial charge in [-0.3, -0.25) is 0 Å². The molecule has 0 N–H and O–H groups in total. The van der Waals surface area contributed by atoms with Crippen LogP contribution in [0.2, 0.25) is 0 Å². The maximum atomic E-state index is 12.7. The second-order valence-electron chi connectivity index (χ2n) is 4.31. The van der Waals surface area contributed by atoms with Crippen molar-refractivity contribution in [2.24, 2.45) is 0 Å². The summed E-state index contributed by atoms with van der Waals surface area (Å²) in [6, 6.07) is 7.53. The Balaban J connectivity index is 1.85. The van der Waals surface area contributed by atoms with E-state index in [4.69, 9.17) is 4.74 Å². The van der Waals surface area contributed by atoms with Crippen molar-refractivity contribution in [2.45, 2.75) is 12.3 Å². The highest BCUT2D eigenvalue weighted by molar-refractivity contribution is 7.22. The second kappa shape index (κ2) is 4.64. The third-order valence-electron chi connectivity index (χ3n) is 2.98. The molecule has 1 aromatic heterocycles. The number of fused-ring (bicyclic) bond motifs is 1. The number of thiazole rings is 1. The summed E-state index contributed by atoms with van der Waals surface area (Å²) in [5.41, 5.74) is 0.817. The predicted molar refractivity (Wildman–Crippen MR) is 67.6 cm³/mol. The van der Waals surface area contributed by atoms with E-state index in [1.54, 1.807) is 4.90 Å². The minimum atomic E-state index is -4.32. The van der Waals surface area contributed by atoms with Crippen LogP contribution in [0.4, 0.5) is 18.3 Å². The summed E-state index contributed by atoms with van der Waals surface area (Å²) in [5, 5.41) is 0.624. The number of ether oxygens (including phenoxy) is 1. The van der Waals surface area contributed by atoms with Crippen LogP contribution in [0.15, 0.2) is 24.3 Å². The smallest absolute Gasteiger partial charge is 0.365 e. The first-order chi connectivity index (χ1) is 9.04. The molecule has 0 amide bonds. The van der Waals surface area contributed by atoms with Gasteiger partial charge in [-0.1, -0.05) is 23.5 Å². The molecule has 2 aromatic rings. The van der Waals surface area contributed by atoms with Crippen LogP contribution in [0, 0.1) is 0 Å². The fourth-order valence-corrected chi connectivity index (χ4v) is 3.02. The molecule has 2 heterocycles. The van der Waals surface area contributed by atoms with E-state index < -0.39 is 12.3 Å². The Labute approximate surface area is 111 Å². The summed E-state index contributed by atoms with van der Waals surface area (Å²) in [4.78, 5) is 6.02. The van der Waals surface area contributed by atoms with Gasteiger partial charge in [0.2, 0.25) is 0 Å². The van der Waals surface area contributed by atoms with Gasteiger partial charge in [-0.05, 0) is 12.1 Å². The first kappa shape index (κ1) is 12.7. The van der Waals surface area contributed by atoms with Crippen molar-refractivity contribution in [1.29, 1.82) is 0 Å². The normalized spacial score (nSPS) is 21.0. The molecule has 1 saturated heterocycles. The Morgan fingerprint density at radius 3 is 2.84 bits per heavy atom. The number of hydrogen-bond donors (Lipinski definition) is 0. The third kappa shape index (κ3) is 2.52. The van der Waals surface area contributed by atoms with E-state index in [2.05, 4.69) is 4.98 Å². The zero-order valence-corrected chi connectivity index (χ0v) is 10.7. The van der Waals surface area contributed by atoms with Crippen molar-refractivity contribution in [1.82, 2.24) is 4.98 Å². The maximum Gasteiger partial charge on any atom is 0.416 e. The van der Waals surface area contributed by atoms with E-state index in [1.807, 2.05) is 24.3 Å². The van der Waals surface area contributed by atoms with Crippen molar-refractivity contribution in [3.8, 4) is 0 Å². The Kier molecular flexibility index (Phi) is 3.10. The van der Waals surface area contributed by atoms with Gasteiger partial charge in [0.1, 0.15) is 0 Å². The minimum Gasteiger partial charge on any atom is -0.365 e. The molecule has 3 rings (SSSR count). The van der Waals surface area contributed by atoms with Crippen molar-refractivity contribution in [3.63, 3.8) is 0 Å². The van der Waals surface area contributed by atoms with Gasteiger partial charge in [0.15, 0.2) is 11.2 Å². The van der Waals surface area contributed by atoms with E-state index in [-0.39, 0.29) is 13.2 Å². The molecule has 1 atom stereocenters. The largest absolute Gasteiger partial charge is 0.416 e. The monoisotopic (exact) mass is 288 g/mol. The van der Waals surface area contributed by atoms with E-state index in [0.29, 0.717) is 11.7 Å². The van der Waals surface area contributed by atoms with Gasteiger partial charge >= 0.3 is 6.18 Å². The molecule has 1 aromatic carbocycles. The lowest BCUT2D eigenvalue weighted by atomic mass is 10.3. The number of alkyl halides is 3. The van der Waals surface area contributed by atoms with Crippen LogP contribution in [0.5, 0.6) is 0 Å². The number of aromatic nitrogens is 1. The molecular weight excluding hydrogens is 277 g/mol. The molecule has 1 aliphatic heterocycles. The zero-order chi connectivity index (χ0) is 13.5. The molecule has 3 nitrogen and oxygen atoms in total. The fraction of sp³-hybridized carbons (Fsp3) is 0.417.